The lowest BCUT2D eigenvalue weighted by Gasteiger charge is -2.44. The highest BCUT2D eigenvalue weighted by molar-refractivity contribution is 14.1. The summed E-state index contributed by atoms with van der Waals surface area (Å²) in [5, 5.41) is 0. The van der Waals surface area contributed by atoms with Gasteiger partial charge in [0.05, 0.1) is 18.5 Å². The van der Waals surface area contributed by atoms with E-state index in [-0.39, 0.29) is 30.5 Å². The standard InChI is InChI=1S/C18H31I2NO5S/c1-24-14-25-17-8-4-11-18(21,16(17)9-13-20)10-3-6-15(7-5-12-19)26-27(2,22)23/h5,9,12-13,15-17H,3-4,6-8,10-11,14,21H2,1-2H3/b12-5+,13-9+/t15?,16-,17+,18-/m1/s1. The second kappa shape index (κ2) is 13.1. The van der Waals surface area contributed by atoms with E-state index in [9.17, 15) is 8.42 Å². The summed E-state index contributed by atoms with van der Waals surface area (Å²) in [5.41, 5.74) is 6.45. The van der Waals surface area contributed by atoms with Crippen LogP contribution in [0.5, 0.6) is 0 Å². The molecular weight excluding hydrogens is 596 g/mol. The Morgan fingerprint density at radius 1 is 1.33 bits per heavy atom. The molecule has 0 aliphatic heterocycles. The summed E-state index contributed by atoms with van der Waals surface area (Å²) in [6.07, 6.45) is 10.6. The Bertz CT molecular complexity index is 584. The third-order valence-electron chi connectivity index (χ3n) is 4.84. The third kappa shape index (κ3) is 9.85. The summed E-state index contributed by atoms with van der Waals surface area (Å²) in [4.78, 5) is 0. The van der Waals surface area contributed by atoms with Crippen LogP contribution in [-0.2, 0) is 23.8 Å². The molecule has 1 aliphatic rings. The maximum Gasteiger partial charge on any atom is 0.264 e. The van der Waals surface area contributed by atoms with Crippen molar-refractivity contribution in [3.05, 3.63) is 20.3 Å². The van der Waals surface area contributed by atoms with Crippen LogP contribution in [0.1, 0.15) is 44.9 Å². The van der Waals surface area contributed by atoms with Gasteiger partial charge in [0.15, 0.2) is 0 Å². The maximum atomic E-state index is 11.5. The van der Waals surface area contributed by atoms with Gasteiger partial charge in [-0.05, 0) is 53.1 Å². The smallest absolute Gasteiger partial charge is 0.264 e. The van der Waals surface area contributed by atoms with Crippen LogP contribution in [0.15, 0.2) is 20.3 Å². The van der Waals surface area contributed by atoms with Gasteiger partial charge in [0, 0.05) is 18.6 Å². The minimum Gasteiger partial charge on any atom is -0.359 e. The first-order valence-corrected chi connectivity index (χ1v) is 13.4. The summed E-state index contributed by atoms with van der Waals surface area (Å²) in [7, 11) is -1.86. The molecule has 0 aromatic carbocycles. The fourth-order valence-electron chi connectivity index (χ4n) is 3.69. The predicted molar refractivity (Wildman–Crippen MR) is 126 cm³/mol. The van der Waals surface area contributed by atoms with Gasteiger partial charge < -0.3 is 15.2 Å². The average molecular weight is 627 g/mol. The molecule has 0 aromatic rings. The van der Waals surface area contributed by atoms with Crippen LogP contribution in [0.4, 0.5) is 0 Å². The molecule has 0 bridgehead atoms. The summed E-state index contributed by atoms with van der Waals surface area (Å²) < 4.78 is 43.0. The van der Waals surface area contributed by atoms with Gasteiger partial charge in [0.1, 0.15) is 6.79 Å². The van der Waals surface area contributed by atoms with Crippen molar-refractivity contribution in [1.82, 2.24) is 0 Å². The molecule has 0 saturated heterocycles. The first-order valence-electron chi connectivity index (χ1n) is 9.05. The first-order chi connectivity index (χ1) is 12.8. The van der Waals surface area contributed by atoms with E-state index < -0.39 is 10.1 Å². The highest BCUT2D eigenvalue weighted by Gasteiger charge is 2.41. The molecule has 1 unspecified atom stereocenters. The van der Waals surface area contributed by atoms with Crippen molar-refractivity contribution in [2.45, 2.75) is 62.7 Å². The zero-order valence-electron chi connectivity index (χ0n) is 16.0. The van der Waals surface area contributed by atoms with E-state index >= 15 is 0 Å². The molecule has 158 valence electrons. The van der Waals surface area contributed by atoms with Crippen molar-refractivity contribution in [3.63, 3.8) is 0 Å². The topological polar surface area (TPSA) is 87.8 Å². The number of rotatable bonds is 12. The van der Waals surface area contributed by atoms with E-state index in [0.717, 1.165) is 38.4 Å². The molecule has 0 spiro atoms. The molecule has 27 heavy (non-hydrogen) atoms. The molecule has 4 atom stereocenters. The van der Waals surface area contributed by atoms with Gasteiger partial charge in [-0.2, -0.15) is 8.42 Å². The van der Waals surface area contributed by atoms with Gasteiger partial charge >= 0.3 is 0 Å². The summed E-state index contributed by atoms with van der Waals surface area (Å²) in [6.45, 7) is 0.263. The van der Waals surface area contributed by atoms with Crippen molar-refractivity contribution >= 4 is 55.3 Å². The molecule has 1 fully saturated rings. The summed E-state index contributed by atoms with van der Waals surface area (Å²) in [5.74, 6) is 0.113. The van der Waals surface area contributed by atoms with Crippen molar-refractivity contribution in [3.8, 4) is 0 Å². The Morgan fingerprint density at radius 2 is 2.07 bits per heavy atom. The summed E-state index contributed by atoms with van der Waals surface area (Å²) >= 11 is 4.33. The fourth-order valence-corrected chi connectivity index (χ4v) is 5.10. The Balaban J connectivity index is 2.74. The van der Waals surface area contributed by atoms with Crippen molar-refractivity contribution in [2.24, 2.45) is 11.7 Å². The molecule has 0 heterocycles. The maximum absolute atomic E-state index is 11.5. The Kier molecular flexibility index (Phi) is 12.5. The van der Waals surface area contributed by atoms with Gasteiger partial charge in [0.25, 0.3) is 10.1 Å². The first kappa shape index (κ1) is 25.8. The molecule has 0 radical (unpaired) electrons. The molecule has 0 aromatic heterocycles. The largest absolute Gasteiger partial charge is 0.359 e. The van der Waals surface area contributed by atoms with Crippen LogP contribution in [0.2, 0.25) is 0 Å². The SMILES string of the molecule is COCO[C@H]1CCC[C@](N)(CCCC(C/C=C/I)OS(C)(=O)=O)[C@@H]1/C=C/I. The second-order valence-corrected chi connectivity index (χ2v) is 10.0. The number of nitrogens with two attached hydrogens (primary N) is 1. The normalized spacial score (nSPS) is 28.2. The highest BCUT2D eigenvalue weighted by Crippen LogP contribution is 2.38. The zero-order chi connectivity index (χ0) is 20.3. The van der Waals surface area contributed by atoms with Crippen LogP contribution in [0.3, 0.4) is 0 Å². The van der Waals surface area contributed by atoms with Gasteiger partial charge in [0.2, 0.25) is 0 Å². The average Bonchev–Trinajstić information content (AvgIpc) is 2.59. The highest BCUT2D eigenvalue weighted by atomic mass is 127. The van der Waals surface area contributed by atoms with Crippen molar-refractivity contribution < 1.29 is 22.1 Å². The number of halogens is 2. The van der Waals surface area contributed by atoms with Crippen molar-refractivity contribution in [1.29, 1.82) is 0 Å². The van der Waals surface area contributed by atoms with E-state index in [2.05, 4.69) is 51.3 Å². The van der Waals surface area contributed by atoms with E-state index in [1.807, 2.05) is 14.2 Å². The predicted octanol–water partition coefficient (Wildman–Crippen LogP) is 4.28. The quantitative estimate of drug-likeness (QED) is 0.198. The van der Waals surface area contributed by atoms with Gasteiger partial charge in [-0.1, -0.05) is 57.3 Å². The lowest BCUT2D eigenvalue weighted by molar-refractivity contribution is -0.108. The lowest BCUT2D eigenvalue weighted by atomic mass is 9.69. The number of hydrogen-bond donors (Lipinski definition) is 1. The molecule has 0 amide bonds. The van der Waals surface area contributed by atoms with E-state index in [1.165, 1.54) is 0 Å². The monoisotopic (exact) mass is 627 g/mol. The van der Waals surface area contributed by atoms with Crippen LogP contribution in [-0.4, -0.2) is 46.3 Å². The Morgan fingerprint density at radius 3 is 2.67 bits per heavy atom. The molecule has 1 aliphatic carbocycles. The Labute approximate surface area is 191 Å². The molecule has 9 heteroatoms. The zero-order valence-corrected chi connectivity index (χ0v) is 21.1. The van der Waals surface area contributed by atoms with E-state index in [1.54, 1.807) is 7.11 Å². The number of ether oxygens (including phenoxy) is 2. The van der Waals surface area contributed by atoms with Crippen LogP contribution >= 0.6 is 45.2 Å². The van der Waals surface area contributed by atoms with Gasteiger partial charge in [-0.25, -0.2) is 0 Å². The van der Waals surface area contributed by atoms with Crippen LogP contribution in [0.25, 0.3) is 0 Å². The summed E-state index contributed by atoms with van der Waals surface area (Å²) in [6, 6.07) is 0. The molecular formula is C18H31I2NO5S. The van der Waals surface area contributed by atoms with Gasteiger partial charge in [-0.15, -0.1) is 0 Å². The van der Waals surface area contributed by atoms with E-state index in [4.69, 9.17) is 19.4 Å². The van der Waals surface area contributed by atoms with Crippen LogP contribution < -0.4 is 5.73 Å². The van der Waals surface area contributed by atoms with Crippen LogP contribution in [0, 0.1) is 5.92 Å². The number of hydrogen-bond acceptors (Lipinski definition) is 6. The second-order valence-electron chi connectivity index (χ2n) is 6.99. The minimum absolute atomic E-state index is 0.0414. The number of methoxy groups -OCH3 is 1. The van der Waals surface area contributed by atoms with E-state index in [0.29, 0.717) is 12.8 Å². The molecule has 1 saturated carbocycles. The molecule has 2 N–H and O–H groups in total. The Hall–Kier alpha value is 0.730. The van der Waals surface area contributed by atoms with Gasteiger partial charge in [-0.3, -0.25) is 4.18 Å². The lowest BCUT2D eigenvalue weighted by Crippen LogP contribution is -2.54. The molecule has 6 nitrogen and oxygen atoms in total. The minimum atomic E-state index is -3.48. The fraction of sp³-hybridized carbons (Fsp3) is 0.778. The van der Waals surface area contributed by atoms with Crippen molar-refractivity contribution in [2.75, 3.05) is 20.2 Å². The molecule has 1 rings (SSSR count). The third-order valence-corrected chi connectivity index (χ3v) is 6.39.